The number of hydrogen-bond donors (Lipinski definition) is 2. The van der Waals surface area contributed by atoms with Crippen LogP contribution in [0, 0.1) is 13.8 Å². The molecule has 1 unspecified atom stereocenters. The second kappa shape index (κ2) is 7.18. The van der Waals surface area contributed by atoms with E-state index < -0.39 is 0 Å². The fourth-order valence-electron chi connectivity index (χ4n) is 3.10. The first kappa shape index (κ1) is 17.3. The van der Waals surface area contributed by atoms with Crippen molar-refractivity contribution in [3.05, 3.63) is 35.4 Å². The predicted octanol–water partition coefficient (Wildman–Crippen LogP) is 1.37. The molecule has 2 aromatic rings. The largest absolute Gasteiger partial charge is 0.447 e. The van der Waals surface area contributed by atoms with E-state index in [1.807, 2.05) is 13.8 Å². The summed E-state index contributed by atoms with van der Waals surface area (Å²) < 4.78 is 5.35. The molecule has 8 heteroatoms. The van der Waals surface area contributed by atoms with Crippen LogP contribution in [0.4, 0.5) is 5.82 Å². The lowest BCUT2D eigenvalue weighted by Crippen LogP contribution is -2.35. The van der Waals surface area contributed by atoms with E-state index in [0.717, 1.165) is 42.3 Å². The average molecular weight is 344 g/mol. The molecule has 0 saturated carbocycles. The Kier molecular flexibility index (Phi) is 4.98. The van der Waals surface area contributed by atoms with Crippen LogP contribution in [0.15, 0.2) is 17.0 Å². The van der Waals surface area contributed by atoms with E-state index in [1.165, 1.54) is 6.39 Å². The number of aromatic nitrogens is 3. The summed E-state index contributed by atoms with van der Waals surface area (Å²) in [6, 6.07) is 0.417. The summed E-state index contributed by atoms with van der Waals surface area (Å²) in [6.45, 7) is 7.67. The van der Waals surface area contributed by atoms with Crippen LogP contribution < -0.4 is 15.5 Å². The molecule has 8 nitrogen and oxygen atoms in total. The Balaban J connectivity index is 1.73. The van der Waals surface area contributed by atoms with Gasteiger partial charge in [0.15, 0.2) is 6.39 Å². The number of anilines is 1. The molecule has 1 saturated heterocycles. The highest BCUT2D eigenvalue weighted by atomic mass is 16.3. The molecule has 1 amide bonds. The molecular formula is C17H24N6O2. The zero-order valence-electron chi connectivity index (χ0n) is 15.0. The highest BCUT2D eigenvalue weighted by molar-refractivity contribution is 5.90. The van der Waals surface area contributed by atoms with E-state index in [1.54, 1.807) is 13.2 Å². The SMILES string of the molecule is CNC(=O)c1nc(C)c(C)c(N2CC[C@@H](NC(C)c3cnco3)C2)n1. The van der Waals surface area contributed by atoms with Gasteiger partial charge in [-0.1, -0.05) is 0 Å². The number of nitrogens with one attached hydrogen (secondary N) is 2. The Morgan fingerprint density at radius 1 is 1.40 bits per heavy atom. The summed E-state index contributed by atoms with van der Waals surface area (Å²) in [5, 5.41) is 6.15. The molecule has 0 bridgehead atoms. The van der Waals surface area contributed by atoms with Gasteiger partial charge in [0.05, 0.1) is 12.2 Å². The van der Waals surface area contributed by atoms with Gasteiger partial charge in [-0.3, -0.25) is 4.79 Å². The minimum absolute atomic E-state index is 0.0992. The van der Waals surface area contributed by atoms with Crippen molar-refractivity contribution in [3.8, 4) is 0 Å². The molecule has 25 heavy (non-hydrogen) atoms. The first-order valence-electron chi connectivity index (χ1n) is 8.46. The van der Waals surface area contributed by atoms with Crippen molar-refractivity contribution in [2.75, 3.05) is 25.0 Å². The van der Waals surface area contributed by atoms with Gasteiger partial charge in [0.25, 0.3) is 5.91 Å². The van der Waals surface area contributed by atoms with Crippen molar-refractivity contribution >= 4 is 11.7 Å². The maximum atomic E-state index is 11.9. The number of hydrogen-bond acceptors (Lipinski definition) is 7. The van der Waals surface area contributed by atoms with Crippen LogP contribution >= 0.6 is 0 Å². The van der Waals surface area contributed by atoms with Gasteiger partial charge < -0.3 is 20.0 Å². The third-order valence-corrected chi connectivity index (χ3v) is 4.65. The molecule has 2 aromatic heterocycles. The number of oxazole rings is 1. The topological polar surface area (TPSA) is 96.2 Å². The molecular weight excluding hydrogens is 320 g/mol. The molecule has 134 valence electrons. The van der Waals surface area contributed by atoms with Crippen LogP contribution in [0.3, 0.4) is 0 Å². The highest BCUT2D eigenvalue weighted by Crippen LogP contribution is 2.25. The Morgan fingerprint density at radius 3 is 2.88 bits per heavy atom. The van der Waals surface area contributed by atoms with Gasteiger partial charge in [0.2, 0.25) is 5.82 Å². The second-order valence-electron chi connectivity index (χ2n) is 6.38. The Morgan fingerprint density at radius 2 is 2.20 bits per heavy atom. The first-order valence-corrected chi connectivity index (χ1v) is 8.46. The van der Waals surface area contributed by atoms with Crippen LogP contribution in [0.5, 0.6) is 0 Å². The number of aryl methyl sites for hydroxylation is 1. The standard InChI is InChI=1S/C17H24N6O2/c1-10-11(2)21-15(17(24)18-4)22-16(10)23-6-5-13(8-23)20-12(3)14-7-19-9-25-14/h7,9,12-13,20H,5-6,8H2,1-4H3,(H,18,24)/t12?,13-/m1/s1. The van der Waals surface area contributed by atoms with Crippen LogP contribution in [0.2, 0.25) is 0 Å². The number of nitrogens with zero attached hydrogens (tertiary/aromatic N) is 4. The van der Waals surface area contributed by atoms with Crippen molar-refractivity contribution in [2.45, 2.75) is 39.3 Å². The summed E-state index contributed by atoms with van der Waals surface area (Å²) >= 11 is 0. The monoisotopic (exact) mass is 344 g/mol. The number of rotatable bonds is 5. The molecule has 3 rings (SSSR count). The van der Waals surface area contributed by atoms with Crippen molar-refractivity contribution in [2.24, 2.45) is 0 Å². The predicted molar refractivity (Wildman–Crippen MR) is 93.6 cm³/mol. The van der Waals surface area contributed by atoms with Gasteiger partial charge in [-0.2, -0.15) is 0 Å². The van der Waals surface area contributed by atoms with E-state index in [0.29, 0.717) is 6.04 Å². The maximum absolute atomic E-state index is 11.9. The number of carbonyl (C=O) groups excluding carboxylic acids is 1. The van der Waals surface area contributed by atoms with Crippen LogP contribution in [0.25, 0.3) is 0 Å². The summed E-state index contributed by atoms with van der Waals surface area (Å²) in [4.78, 5) is 26.9. The van der Waals surface area contributed by atoms with E-state index in [2.05, 4.69) is 37.4 Å². The normalized spacial score (nSPS) is 18.4. The Bertz CT molecular complexity index is 746. The minimum Gasteiger partial charge on any atom is -0.447 e. The van der Waals surface area contributed by atoms with Crippen molar-refractivity contribution in [1.82, 2.24) is 25.6 Å². The van der Waals surface area contributed by atoms with Gasteiger partial charge in [-0.25, -0.2) is 15.0 Å². The molecule has 2 N–H and O–H groups in total. The smallest absolute Gasteiger partial charge is 0.288 e. The third-order valence-electron chi connectivity index (χ3n) is 4.65. The van der Waals surface area contributed by atoms with Crippen molar-refractivity contribution in [1.29, 1.82) is 0 Å². The molecule has 1 aliphatic heterocycles. The van der Waals surface area contributed by atoms with Crippen molar-refractivity contribution < 1.29 is 9.21 Å². The molecule has 0 spiro atoms. The van der Waals surface area contributed by atoms with E-state index >= 15 is 0 Å². The molecule has 1 aliphatic rings. The van der Waals surface area contributed by atoms with Gasteiger partial charge in [0.1, 0.15) is 11.6 Å². The molecule has 2 atom stereocenters. The van der Waals surface area contributed by atoms with Crippen LogP contribution in [-0.4, -0.2) is 47.0 Å². The van der Waals surface area contributed by atoms with Gasteiger partial charge in [-0.15, -0.1) is 0 Å². The zero-order valence-corrected chi connectivity index (χ0v) is 15.0. The van der Waals surface area contributed by atoms with Crippen LogP contribution in [-0.2, 0) is 0 Å². The van der Waals surface area contributed by atoms with Gasteiger partial charge >= 0.3 is 0 Å². The fourth-order valence-corrected chi connectivity index (χ4v) is 3.10. The zero-order chi connectivity index (χ0) is 18.0. The first-order chi connectivity index (χ1) is 12.0. The van der Waals surface area contributed by atoms with E-state index in [-0.39, 0.29) is 17.8 Å². The lowest BCUT2D eigenvalue weighted by Gasteiger charge is -2.22. The molecule has 3 heterocycles. The molecule has 0 aromatic carbocycles. The highest BCUT2D eigenvalue weighted by Gasteiger charge is 2.28. The summed E-state index contributed by atoms with van der Waals surface area (Å²) in [5.41, 5.74) is 1.84. The molecule has 0 aliphatic carbocycles. The van der Waals surface area contributed by atoms with Gasteiger partial charge in [-0.05, 0) is 27.2 Å². The lowest BCUT2D eigenvalue weighted by atomic mass is 10.2. The molecule has 0 radical (unpaired) electrons. The van der Waals surface area contributed by atoms with E-state index in [4.69, 9.17) is 4.42 Å². The molecule has 1 fully saturated rings. The Hall–Kier alpha value is -2.48. The maximum Gasteiger partial charge on any atom is 0.288 e. The van der Waals surface area contributed by atoms with Crippen molar-refractivity contribution in [3.63, 3.8) is 0 Å². The van der Waals surface area contributed by atoms with E-state index in [9.17, 15) is 4.79 Å². The second-order valence-corrected chi connectivity index (χ2v) is 6.38. The number of amides is 1. The lowest BCUT2D eigenvalue weighted by molar-refractivity contribution is 0.0952. The fraction of sp³-hybridized carbons (Fsp3) is 0.529. The average Bonchev–Trinajstić information content (AvgIpc) is 3.28. The summed E-state index contributed by atoms with van der Waals surface area (Å²) in [5.74, 6) is 1.61. The van der Waals surface area contributed by atoms with Gasteiger partial charge in [0, 0.05) is 37.4 Å². The van der Waals surface area contributed by atoms with Crippen LogP contribution in [0.1, 0.15) is 47.0 Å². The summed E-state index contributed by atoms with van der Waals surface area (Å²) in [7, 11) is 1.58. The minimum atomic E-state index is -0.267. The Labute approximate surface area is 147 Å². The quantitative estimate of drug-likeness (QED) is 0.845. The number of carbonyl (C=O) groups is 1. The third kappa shape index (κ3) is 3.63. The summed E-state index contributed by atoms with van der Waals surface area (Å²) in [6.07, 6.45) is 4.18.